The first-order valence-corrected chi connectivity index (χ1v) is 2.07. The standard InChI is InChI=1S/C4H6N2O2/c5-4-3(7)1-2-6(4)8/h1-2,7-8H,5H2. The van der Waals surface area contributed by atoms with E-state index in [0.717, 1.165) is 0 Å². The van der Waals surface area contributed by atoms with Gasteiger partial charge >= 0.3 is 0 Å². The van der Waals surface area contributed by atoms with E-state index in [9.17, 15) is 0 Å². The lowest BCUT2D eigenvalue weighted by Gasteiger charge is -1.91. The zero-order chi connectivity index (χ0) is 6.15. The smallest absolute Gasteiger partial charge is 0.181 e. The summed E-state index contributed by atoms with van der Waals surface area (Å²) in [7, 11) is 0. The van der Waals surface area contributed by atoms with Crippen LogP contribution in [0, 0.1) is 0 Å². The zero-order valence-corrected chi connectivity index (χ0v) is 4.07. The molecule has 1 aromatic rings. The van der Waals surface area contributed by atoms with Crippen LogP contribution in [0.4, 0.5) is 5.82 Å². The van der Waals surface area contributed by atoms with Crippen LogP contribution in [0.2, 0.25) is 0 Å². The summed E-state index contributed by atoms with van der Waals surface area (Å²) < 4.78 is 0.648. The highest BCUT2D eigenvalue weighted by atomic mass is 16.5. The molecule has 4 heteroatoms. The van der Waals surface area contributed by atoms with Crippen LogP contribution in [-0.2, 0) is 0 Å². The van der Waals surface area contributed by atoms with Gasteiger partial charge in [0.25, 0.3) is 0 Å². The molecule has 0 aliphatic rings. The number of hydrogen-bond donors (Lipinski definition) is 3. The van der Waals surface area contributed by atoms with Gasteiger partial charge < -0.3 is 16.0 Å². The summed E-state index contributed by atoms with van der Waals surface area (Å²) in [6.45, 7) is 0. The molecule has 0 aliphatic carbocycles. The van der Waals surface area contributed by atoms with Gasteiger partial charge in [-0.1, -0.05) is 0 Å². The monoisotopic (exact) mass is 114 g/mol. The van der Waals surface area contributed by atoms with Crippen molar-refractivity contribution in [2.24, 2.45) is 0 Å². The van der Waals surface area contributed by atoms with E-state index in [4.69, 9.17) is 16.0 Å². The third-order valence-electron chi connectivity index (χ3n) is 0.883. The first-order chi connectivity index (χ1) is 3.72. The van der Waals surface area contributed by atoms with Crippen LogP contribution < -0.4 is 5.73 Å². The molecule has 0 unspecified atom stereocenters. The van der Waals surface area contributed by atoms with Crippen molar-refractivity contribution >= 4 is 5.82 Å². The lowest BCUT2D eigenvalue weighted by atomic mass is 10.6. The summed E-state index contributed by atoms with van der Waals surface area (Å²) in [5.74, 6) is -0.141. The minimum atomic E-state index is -0.104. The molecule has 0 saturated heterocycles. The largest absolute Gasteiger partial charge is 0.504 e. The van der Waals surface area contributed by atoms with Gasteiger partial charge in [0.05, 0.1) is 0 Å². The van der Waals surface area contributed by atoms with E-state index >= 15 is 0 Å². The maximum Gasteiger partial charge on any atom is 0.181 e. The molecule has 0 radical (unpaired) electrons. The van der Waals surface area contributed by atoms with Gasteiger partial charge in [-0.15, -0.1) is 0 Å². The average molecular weight is 114 g/mol. The predicted molar refractivity (Wildman–Crippen MR) is 27.7 cm³/mol. The molecule has 1 aromatic heterocycles. The van der Waals surface area contributed by atoms with Crippen LogP contribution in [0.25, 0.3) is 0 Å². The van der Waals surface area contributed by atoms with Crippen LogP contribution in [0.5, 0.6) is 5.75 Å². The van der Waals surface area contributed by atoms with Crippen molar-refractivity contribution in [2.45, 2.75) is 0 Å². The summed E-state index contributed by atoms with van der Waals surface area (Å²) in [5, 5.41) is 17.2. The van der Waals surface area contributed by atoms with E-state index in [0.29, 0.717) is 4.73 Å². The zero-order valence-electron chi connectivity index (χ0n) is 4.07. The number of nitrogen functional groups attached to an aromatic ring is 1. The molecule has 8 heavy (non-hydrogen) atoms. The number of nitrogens with zero attached hydrogens (tertiary/aromatic N) is 1. The Balaban J connectivity index is 3.19. The summed E-state index contributed by atoms with van der Waals surface area (Å²) in [5.41, 5.74) is 5.06. The number of aromatic nitrogens is 1. The normalized spacial score (nSPS) is 9.50. The summed E-state index contributed by atoms with van der Waals surface area (Å²) in [6, 6.07) is 1.30. The summed E-state index contributed by atoms with van der Waals surface area (Å²) in [4.78, 5) is 0. The molecule has 0 atom stereocenters. The molecule has 0 spiro atoms. The quantitative estimate of drug-likeness (QED) is 0.416. The van der Waals surface area contributed by atoms with Crippen molar-refractivity contribution in [2.75, 3.05) is 5.73 Å². The minimum Gasteiger partial charge on any atom is -0.504 e. The average Bonchev–Trinajstić information content (AvgIpc) is 1.98. The van der Waals surface area contributed by atoms with Crippen LogP contribution in [-0.4, -0.2) is 15.0 Å². The maximum atomic E-state index is 8.63. The van der Waals surface area contributed by atoms with Gasteiger partial charge in [0.1, 0.15) is 0 Å². The van der Waals surface area contributed by atoms with Crippen molar-refractivity contribution < 1.29 is 10.3 Å². The van der Waals surface area contributed by atoms with E-state index in [1.54, 1.807) is 0 Å². The van der Waals surface area contributed by atoms with Gasteiger partial charge in [0, 0.05) is 12.3 Å². The molecular formula is C4H6N2O2. The second-order valence-electron chi connectivity index (χ2n) is 1.43. The maximum absolute atomic E-state index is 8.63. The molecule has 0 aliphatic heterocycles. The Labute approximate surface area is 45.7 Å². The van der Waals surface area contributed by atoms with Crippen LogP contribution in [0.15, 0.2) is 12.3 Å². The number of anilines is 1. The molecule has 0 aromatic carbocycles. The molecular weight excluding hydrogens is 108 g/mol. The van der Waals surface area contributed by atoms with Gasteiger partial charge in [-0.25, -0.2) is 0 Å². The fourth-order valence-corrected chi connectivity index (χ4v) is 0.424. The Hall–Kier alpha value is -1.32. The molecule has 0 amide bonds. The Bertz CT molecular complexity index is 174. The first-order valence-electron chi connectivity index (χ1n) is 2.07. The molecule has 0 fully saturated rings. The Morgan fingerprint density at radius 2 is 2.25 bits per heavy atom. The van der Waals surface area contributed by atoms with Gasteiger partial charge in [0.15, 0.2) is 11.6 Å². The van der Waals surface area contributed by atoms with Crippen LogP contribution in [0.1, 0.15) is 0 Å². The van der Waals surface area contributed by atoms with Crippen molar-refractivity contribution in [1.82, 2.24) is 4.73 Å². The molecule has 4 N–H and O–H groups in total. The number of nitrogens with two attached hydrogens (primary N) is 1. The highest BCUT2D eigenvalue weighted by Crippen LogP contribution is 2.17. The van der Waals surface area contributed by atoms with E-state index in [2.05, 4.69) is 0 Å². The summed E-state index contributed by atoms with van der Waals surface area (Å²) >= 11 is 0. The lowest BCUT2D eigenvalue weighted by Crippen LogP contribution is -1.94. The molecule has 4 nitrogen and oxygen atoms in total. The molecule has 0 bridgehead atoms. The molecule has 44 valence electrons. The Kier molecular flexibility index (Phi) is 0.802. The lowest BCUT2D eigenvalue weighted by molar-refractivity contribution is 0.192. The van der Waals surface area contributed by atoms with Gasteiger partial charge in [-0.2, -0.15) is 4.73 Å². The van der Waals surface area contributed by atoms with Crippen molar-refractivity contribution in [3.8, 4) is 5.75 Å². The van der Waals surface area contributed by atoms with Crippen LogP contribution >= 0.6 is 0 Å². The minimum absolute atomic E-state index is 0.0370. The topological polar surface area (TPSA) is 71.4 Å². The van der Waals surface area contributed by atoms with Gasteiger partial charge in [0.2, 0.25) is 0 Å². The molecule has 1 heterocycles. The second-order valence-corrected chi connectivity index (χ2v) is 1.43. The highest BCUT2D eigenvalue weighted by Gasteiger charge is 1.98. The van der Waals surface area contributed by atoms with Crippen LogP contribution in [0.3, 0.4) is 0 Å². The van der Waals surface area contributed by atoms with E-state index in [-0.39, 0.29) is 11.6 Å². The third-order valence-corrected chi connectivity index (χ3v) is 0.883. The highest BCUT2D eigenvalue weighted by molar-refractivity contribution is 5.45. The second kappa shape index (κ2) is 1.33. The number of hydrogen-bond acceptors (Lipinski definition) is 3. The molecule has 1 rings (SSSR count). The SMILES string of the molecule is Nc1c(O)ccn1O. The number of aromatic hydroxyl groups is 1. The Morgan fingerprint density at radius 1 is 1.62 bits per heavy atom. The van der Waals surface area contributed by atoms with Gasteiger partial charge in [-0.05, 0) is 0 Å². The van der Waals surface area contributed by atoms with Crippen molar-refractivity contribution in [3.63, 3.8) is 0 Å². The van der Waals surface area contributed by atoms with Crippen molar-refractivity contribution in [1.29, 1.82) is 0 Å². The van der Waals surface area contributed by atoms with Crippen molar-refractivity contribution in [3.05, 3.63) is 12.3 Å². The number of rotatable bonds is 0. The van der Waals surface area contributed by atoms with E-state index < -0.39 is 0 Å². The predicted octanol–water partition coefficient (Wildman–Crippen LogP) is 0.0132. The Morgan fingerprint density at radius 3 is 2.38 bits per heavy atom. The fourth-order valence-electron chi connectivity index (χ4n) is 0.424. The van der Waals surface area contributed by atoms with Gasteiger partial charge in [-0.3, -0.25) is 0 Å². The fraction of sp³-hybridized carbons (Fsp3) is 0. The van der Waals surface area contributed by atoms with E-state index in [1.807, 2.05) is 0 Å². The van der Waals surface area contributed by atoms with E-state index in [1.165, 1.54) is 12.3 Å². The molecule has 0 saturated carbocycles. The third kappa shape index (κ3) is 0.465. The first kappa shape index (κ1) is 4.83. The summed E-state index contributed by atoms with van der Waals surface area (Å²) in [6.07, 6.45) is 1.25.